The van der Waals surface area contributed by atoms with E-state index in [9.17, 15) is 9.90 Å². The van der Waals surface area contributed by atoms with Crippen molar-refractivity contribution in [1.82, 2.24) is 10.3 Å². The normalized spacial score (nSPS) is 17.2. The molecule has 5 heteroatoms. The number of pyridine rings is 1. The number of ether oxygens (including phenoxy) is 1. The van der Waals surface area contributed by atoms with Gasteiger partial charge in [-0.25, -0.2) is 4.98 Å². The Morgan fingerprint density at radius 3 is 3.00 bits per heavy atom. The first kappa shape index (κ1) is 13.8. The highest BCUT2D eigenvalue weighted by Crippen LogP contribution is 2.27. The number of amides is 1. The second kappa shape index (κ2) is 6.52. The lowest BCUT2D eigenvalue weighted by Gasteiger charge is -2.18. The molecule has 0 spiro atoms. The minimum Gasteiger partial charge on any atom is -0.480 e. The average molecular weight is 264 g/mol. The van der Waals surface area contributed by atoms with Crippen molar-refractivity contribution in [2.24, 2.45) is 5.92 Å². The molecule has 1 unspecified atom stereocenters. The van der Waals surface area contributed by atoms with Gasteiger partial charge >= 0.3 is 0 Å². The van der Waals surface area contributed by atoms with Crippen LogP contribution in [-0.2, 0) is 0 Å². The van der Waals surface area contributed by atoms with Crippen LogP contribution in [0, 0.1) is 5.92 Å². The van der Waals surface area contributed by atoms with Gasteiger partial charge in [0.2, 0.25) is 5.88 Å². The summed E-state index contributed by atoms with van der Waals surface area (Å²) in [6.07, 6.45) is 5.55. The number of aliphatic hydroxyl groups excluding tert-OH is 1. The van der Waals surface area contributed by atoms with E-state index in [2.05, 4.69) is 10.3 Å². The molecule has 1 aliphatic carbocycles. The van der Waals surface area contributed by atoms with Gasteiger partial charge < -0.3 is 15.2 Å². The predicted octanol–water partition coefficient (Wildman–Crippen LogP) is 1.37. The number of hydrogen-bond acceptors (Lipinski definition) is 4. The third kappa shape index (κ3) is 3.44. The molecule has 1 atom stereocenters. The second-order valence-corrected chi connectivity index (χ2v) is 4.88. The Balaban J connectivity index is 1.90. The number of carbonyl (C=O) groups is 1. The lowest BCUT2D eigenvalue weighted by molar-refractivity contribution is 0.0837. The Kier molecular flexibility index (Phi) is 4.74. The largest absolute Gasteiger partial charge is 0.480 e. The molecule has 0 bridgehead atoms. The van der Waals surface area contributed by atoms with Gasteiger partial charge in [-0.05, 0) is 30.9 Å². The highest BCUT2D eigenvalue weighted by molar-refractivity contribution is 5.96. The number of aromatic nitrogens is 1. The molecule has 19 heavy (non-hydrogen) atoms. The number of carbonyl (C=O) groups excluding carboxylic acids is 1. The standard InChI is InChI=1S/C14H20N2O3/c1-19-14-11(7-4-8-15-14)13(18)16-9-12(17)10-5-2-3-6-10/h4,7-8,10,12,17H,2-3,5-6,9H2,1H3,(H,16,18). The Hall–Kier alpha value is -1.62. The monoisotopic (exact) mass is 264 g/mol. The van der Waals surface area contributed by atoms with Gasteiger partial charge in [-0.15, -0.1) is 0 Å². The summed E-state index contributed by atoms with van der Waals surface area (Å²) >= 11 is 0. The maximum Gasteiger partial charge on any atom is 0.256 e. The summed E-state index contributed by atoms with van der Waals surface area (Å²) in [4.78, 5) is 16.0. The molecule has 1 heterocycles. The Morgan fingerprint density at radius 2 is 2.32 bits per heavy atom. The summed E-state index contributed by atoms with van der Waals surface area (Å²) in [7, 11) is 1.48. The van der Waals surface area contributed by atoms with Crippen molar-refractivity contribution in [3.63, 3.8) is 0 Å². The molecule has 2 N–H and O–H groups in total. The van der Waals surface area contributed by atoms with Gasteiger partial charge in [0.1, 0.15) is 5.56 Å². The van der Waals surface area contributed by atoms with Crippen molar-refractivity contribution < 1.29 is 14.6 Å². The molecule has 0 aromatic carbocycles. The SMILES string of the molecule is COc1ncccc1C(=O)NCC(O)C1CCCC1. The smallest absolute Gasteiger partial charge is 0.256 e. The minimum absolute atomic E-state index is 0.262. The van der Waals surface area contributed by atoms with Crippen LogP contribution in [0.2, 0.25) is 0 Å². The van der Waals surface area contributed by atoms with Crippen LogP contribution < -0.4 is 10.1 Å². The van der Waals surface area contributed by atoms with Crippen LogP contribution in [0.5, 0.6) is 5.88 Å². The van der Waals surface area contributed by atoms with Crippen molar-refractivity contribution in [2.75, 3.05) is 13.7 Å². The van der Waals surface area contributed by atoms with Crippen molar-refractivity contribution in [3.05, 3.63) is 23.9 Å². The lowest BCUT2D eigenvalue weighted by Crippen LogP contribution is -2.35. The fraction of sp³-hybridized carbons (Fsp3) is 0.571. The summed E-state index contributed by atoms with van der Waals surface area (Å²) in [5.74, 6) is 0.355. The zero-order valence-electron chi connectivity index (χ0n) is 11.1. The molecule has 1 saturated carbocycles. The van der Waals surface area contributed by atoms with Crippen LogP contribution in [0.1, 0.15) is 36.0 Å². The van der Waals surface area contributed by atoms with E-state index in [1.165, 1.54) is 20.0 Å². The molecule has 2 rings (SSSR count). The Morgan fingerprint density at radius 1 is 1.58 bits per heavy atom. The van der Waals surface area contributed by atoms with Gasteiger partial charge in [0.15, 0.2) is 0 Å². The number of rotatable bonds is 5. The zero-order valence-corrected chi connectivity index (χ0v) is 11.1. The van der Waals surface area contributed by atoms with E-state index in [1.807, 2.05) is 0 Å². The summed E-state index contributed by atoms with van der Waals surface area (Å²) in [5.41, 5.74) is 0.392. The van der Waals surface area contributed by atoms with Gasteiger partial charge in [0.25, 0.3) is 5.91 Å². The van der Waals surface area contributed by atoms with Crippen LogP contribution in [0.25, 0.3) is 0 Å². The fourth-order valence-corrected chi connectivity index (χ4v) is 2.53. The number of nitrogens with one attached hydrogen (secondary N) is 1. The number of aliphatic hydroxyl groups is 1. The average Bonchev–Trinajstić information content (AvgIpc) is 2.98. The summed E-state index contributed by atoms with van der Waals surface area (Å²) < 4.78 is 5.04. The van der Waals surface area contributed by atoms with E-state index in [1.54, 1.807) is 18.3 Å². The third-order valence-corrected chi connectivity index (χ3v) is 3.62. The number of hydrogen-bond donors (Lipinski definition) is 2. The molecule has 1 aliphatic rings. The Bertz CT molecular complexity index is 430. The van der Waals surface area contributed by atoms with E-state index in [-0.39, 0.29) is 12.5 Å². The Labute approximate surface area is 113 Å². The van der Waals surface area contributed by atoms with Gasteiger partial charge in [0, 0.05) is 12.7 Å². The first-order chi connectivity index (χ1) is 9.22. The van der Waals surface area contributed by atoms with E-state index in [0.717, 1.165) is 12.8 Å². The van der Waals surface area contributed by atoms with E-state index >= 15 is 0 Å². The maximum absolute atomic E-state index is 12.0. The van der Waals surface area contributed by atoms with Crippen molar-refractivity contribution in [1.29, 1.82) is 0 Å². The maximum atomic E-state index is 12.0. The van der Waals surface area contributed by atoms with Crippen LogP contribution in [0.4, 0.5) is 0 Å². The quantitative estimate of drug-likeness (QED) is 0.842. The molecule has 1 aromatic heterocycles. The van der Waals surface area contributed by atoms with Gasteiger partial charge in [0.05, 0.1) is 13.2 Å². The van der Waals surface area contributed by atoms with Gasteiger partial charge in [-0.1, -0.05) is 12.8 Å². The highest BCUT2D eigenvalue weighted by Gasteiger charge is 2.24. The molecule has 1 aromatic rings. The number of methoxy groups -OCH3 is 1. The van der Waals surface area contributed by atoms with Gasteiger partial charge in [-0.2, -0.15) is 0 Å². The molecular formula is C14H20N2O3. The van der Waals surface area contributed by atoms with Gasteiger partial charge in [-0.3, -0.25) is 4.79 Å². The van der Waals surface area contributed by atoms with Crippen LogP contribution in [-0.4, -0.2) is 35.8 Å². The predicted molar refractivity (Wildman–Crippen MR) is 71.1 cm³/mol. The first-order valence-electron chi connectivity index (χ1n) is 6.67. The van der Waals surface area contributed by atoms with E-state index in [4.69, 9.17) is 4.74 Å². The minimum atomic E-state index is -0.464. The van der Waals surface area contributed by atoms with Crippen molar-refractivity contribution in [2.45, 2.75) is 31.8 Å². The zero-order chi connectivity index (χ0) is 13.7. The van der Waals surface area contributed by atoms with E-state index < -0.39 is 6.10 Å². The van der Waals surface area contributed by atoms with Crippen LogP contribution >= 0.6 is 0 Å². The van der Waals surface area contributed by atoms with Crippen molar-refractivity contribution in [3.8, 4) is 5.88 Å². The molecule has 1 amide bonds. The molecule has 0 aliphatic heterocycles. The van der Waals surface area contributed by atoms with E-state index in [0.29, 0.717) is 17.4 Å². The van der Waals surface area contributed by atoms with Crippen molar-refractivity contribution >= 4 is 5.91 Å². The summed E-state index contributed by atoms with van der Waals surface area (Å²) in [6.45, 7) is 0.279. The highest BCUT2D eigenvalue weighted by atomic mass is 16.5. The molecule has 104 valence electrons. The number of nitrogens with zero attached hydrogens (tertiary/aromatic N) is 1. The van der Waals surface area contributed by atoms with Crippen LogP contribution in [0.3, 0.4) is 0 Å². The lowest BCUT2D eigenvalue weighted by atomic mass is 10.0. The summed E-state index contributed by atoms with van der Waals surface area (Å²) in [6, 6.07) is 3.34. The molecule has 0 saturated heterocycles. The molecule has 1 fully saturated rings. The topological polar surface area (TPSA) is 71.5 Å². The molecule has 0 radical (unpaired) electrons. The second-order valence-electron chi connectivity index (χ2n) is 4.88. The first-order valence-corrected chi connectivity index (χ1v) is 6.67. The molecule has 5 nitrogen and oxygen atoms in total. The summed E-state index contributed by atoms with van der Waals surface area (Å²) in [5, 5.41) is 12.8. The van der Waals surface area contributed by atoms with Crippen LogP contribution in [0.15, 0.2) is 18.3 Å². The fourth-order valence-electron chi connectivity index (χ4n) is 2.53. The molecular weight excluding hydrogens is 244 g/mol. The third-order valence-electron chi connectivity index (χ3n) is 3.62.